The van der Waals surface area contributed by atoms with Crippen molar-refractivity contribution in [2.24, 2.45) is 5.16 Å². The van der Waals surface area contributed by atoms with Crippen molar-refractivity contribution in [2.45, 2.75) is 0 Å². The molecule has 2 aromatic carbocycles. The Morgan fingerprint density at radius 2 is 2.04 bits per heavy atom. The van der Waals surface area contributed by atoms with Gasteiger partial charge in [-0.2, -0.15) is 0 Å². The lowest BCUT2D eigenvalue weighted by molar-refractivity contribution is -0.384. The number of hydrogen-bond acceptors (Lipinski definition) is 6. The van der Waals surface area contributed by atoms with E-state index in [9.17, 15) is 24.1 Å². The van der Waals surface area contributed by atoms with Gasteiger partial charge in [0.15, 0.2) is 6.61 Å². The zero-order valence-corrected chi connectivity index (χ0v) is 14.3. The van der Waals surface area contributed by atoms with Crippen LogP contribution in [0.3, 0.4) is 0 Å². The molecule has 0 aromatic heterocycles. The zero-order valence-electron chi connectivity index (χ0n) is 13.5. The van der Waals surface area contributed by atoms with Crippen molar-refractivity contribution in [1.82, 2.24) is 0 Å². The summed E-state index contributed by atoms with van der Waals surface area (Å²) >= 11 is 5.76. The van der Waals surface area contributed by atoms with Gasteiger partial charge in [0.05, 0.1) is 15.6 Å². The minimum Gasteiger partial charge on any atom is -0.385 e. The lowest BCUT2D eigenvalue weighted by Gasteiger charge is -2.06. The molecule has 0 radical (unpaired) electrons. The van der Waals surface area contributed by atoms with E-state index >= 15 is 0 Å². The van der Waals surface area contributed by atoms with Gasteiger partial charge in [0.2, 0.25) is 0 Å². The summed E-state index contributed by atoms with van der Waals surface area (Å²) in [6.45, 7) is -0.520. The number of amides is 2. The van der Waals surface area contributed by atoms with E-state index in [0.717, 1.165) is 18.3 Å². The number of non-ortho nitro benzene ring substituents is 1. The Kier molecular flexibility index (Phi) is 6.78. The van der Waals surface area contributed by atoms with Crippen LogP contribution in [0.1, 0.15) is 0 Å². The van der Waals surface area contributed by atoms with E-state index in [4.69, 9.17) is 11.6 Å². The third-order valence-corrected chi connectivity index (χ3v) is 3.28. The number of hydrogen-bond donors (Lipinski definition) is 2. The normalized spacial score (nSPS) is 10.4. The first-order valence-electron chi connectivity index (χ1n) is 7.31. The van der Waals surface area contributed by atoms with E-state index in [0.29, 0.717) is 0 Å². The van der Waals surface area contributed by atoms with Gasteiger partial charge in [-0.1, -0.05) is 22.8 Å². The number of carbonyl (C=O) groups excluding carboxylic acids is 2. The van der Waals surface area contributed by atoms with Crippen LogP contribution in [0.4, 0.5) is 21.5 Å². The summed E-state index contributed by atoms with van der Waals surface area (Å²) < 4.78 is 12.9. The van der Waals surface area contributed by atoms with Crippen molar-refractivity contribution >= 4 is 46.7 Å². The van der Waals surface area contributed by atoms with E-state index in [2.05, 4.69) is 20.6 Å². The molecule has 2 amide bonds. The van der Waals surface area contributed by atoms with Gasteiger partial charge in [-0.15, -0.1) is 0 Å². The minimum absolute atomic E-state index is 0.0168. The molecule has 0 unspecified atom stereocenters. The van der Waals surface area contributed by atoms with Gasteiger partial charge in [0.1, 0.15) is 12.0 Å². The van der Waals surface area contributed by atoms with Gasteiger partial charge in [-0.05, 0) is 24.3 Å². The van der Waals surface area contributed by atoms with Crippen LogP contribution < -0.4 is 10.6 Å². The van der Waals surface area contributed by atoms with E-state index in [1.807, 2.05) is 0 Å². The number of nitro groups is 1. The first-order valence-corrected chi connectivity index (χ1v) is 7.68. The Morgan fingerprint density at radius 3 is 2.74 bits per heavy atom. The molecular weight excluding hydrogens is 383 g/mol. The summed E-state index contributed by atoms with van der Waals surface area (Å²) in [5, 5.41) is 18.7. The maximum Gasteiger partial charge on any atom is 0.271 e. The molecular formula is C16H12ClFN4O5. The van der Waals surface area contributed by atoms with Crippen molar-refractivity contribution in [3.05, 3.63) is 63.4 Å². The third kappa shape index (κ3) is 6.36. The lowest BCUT2D eigenvalue weighted by Crippen LogP contribution is -2.18. The summed E-state index contributed by atoms with van der Waals surface area (Å²) in [4.78, 5) is 38.0. The van der Waals surface area contributed by atoms with Crippen molar-refractivity contribution in [3.8, 4) is 0 Å². The van der Waals surface area contributed by atoms with E-state index in [-0.39, 0.29) is 22.1 Å². The zero-order chi connectivity index (χ0) is 19.8. The highest BCUT2D eigenvalue weighted by atomic mass is 35.5. The maximum atomic E-state index is 12.9. The highest BCUT2D eigenvalue weighted by molar-refractivity contribution is 6.33. The first-order chi connectivity index (χ1) is 12.8. The molecule has 0 saturated heterocycles. The summed E-state index contributed by atoms with van der Waals surface area (Å²) in [5.74, 6) is -1.88. The third-order valence-electron chi connectivity index (χ3n) is 2.97. The number of nitrogens with one attached hydrogen (secondary N) is 2. The number of carbonyl (C=O) groups is 2. The molecule has 140 valence electrons. The number of benzene rings is 2. The fraction of sp³-hybridized carbons (Fsp3) is 0.0625. The largest absolute Gasteiger partial charge is 0.385 e. The molecule has 11 heteroatoms. The number of nitrogens with zero attached hydrogens (tertiary/aromatic N) is 2. The smallest absolute Gasteiger partial charge is 0.271 e. The second-order valence-corrected chi connectivity index (χ2v) is 5.38. The second kappa shape index (κ2) is 9.25. The van der Waals surface area contributed by atoms with Crippen LogP contribution in [0.2, 0.25) is 5.02 Å². The number of rotatable bonds is 7. The van der Waals surface area contributed by atoms with E-state index in [1.165, 1.54) is 30.3 Å². The second-order valence-electron chi connectivity index (χ2n) is 4.98. The summed E-state index contributed by atoms with van der Waals surface area (Å²) in [6.07, 6.45) is 0.761. The highest BCUT2D eigenvalue weighted by Gasteiger charge is 2.08. The standard InChI is InChI=1S/C16H12ClFN4O5/c17-13-6-10(18)4-5-14(13)21-16(24)9-27-19-8-15(23)20-11-2-1-3-12(7-11)22(25)26/h1-8H,9H2,(H,20,23)(H,21,24)/b19-8-. The summed E-state index contributed by atoms with van der Waals surface area (Å²) in [5.41, 5.74) is 0.209. The average molecular weight is 395 g/mol. The molecule has 0 spiro atoms. The molecule has 0 aliphatic rings. The van der Waals surface area contributed by atoms with Crippen LogP contribution in [0.25, 0.3) is 0 Å². The Bertz CT molecular complexity index is 906. The fourth-order valence-electron chi connectivity index (χ4n) is 1.83. The van der Waals surface area contributed by atoms with Crippen molar-refractivity contribution in [1.29, 1.82) is 0 Å². The number of halogens is 2. The molecule has 0 atom stereocenters. The van der Waals surface area contributed by atoms with Gasteiger partial charge >= 0.3 is 0 Å². The van der Waals surface area contributed by atoms with Crippen molar-refractivity contribution in [3.63, 3.8) is 0 Å². The molecule has 27 heavy (non-hydrogen) atoms. The lowest BCUT2D eigenvalue weighted by atomic mass is 10.3. The topological polar surface area (TPSA) is 123 Å². The van der Waals surface area contributed by atoms with Crippen LogP contribution >= 0.6 is 11.6 Å². The average Bonchev–Trinajstić information content (AvgIpc) is 2.61. The summed E-state index contributed by atoms with van der Waals surface area (Å²) in [6, 6.07) is 8.76. The van der Waals surface area contributed by atoms with Crippen molar-refractivity contribution in [2.75, 3.05) is 17.2 Å². The predicted molar refractivity (Wildman–Crippen MR) is 96.2 cm³/mol. The predicted octanol–water partition coefficient (Wildman–Crippen LogP) is 2.97. The molecule has 2 N–H and O–H groups in total. The highest BCUT2D eigenvalue weighted by Crippen LogP contribution is 2.22. The first kappa shape index (κ1) is 19.8. The molecule has 0 heterocycles. The molecule has 0 aliphatic carbocycles. The molecule has 2 aromatic rings. The van der Waals surface area contributed by atoms with E-state index < -0.39 is 29.2 Å². The maximum absolute atomic E-state index is 12.9. The van der Waals surface area contributed by atoms with Gasteiger partial charge in [0, 0.05) is 17.8 Å². The number of anilines is 2. The summed E-state index contributed by atoms with van der Waals surface area (Å²) in [7, 11) is 0. The Hall–Kier alpha value is -3.53. The van der Waals surface area contributed by atoms with Gasteiger partial charge in [-0.3, -0.25) is 19.7 Å². The Labute approximate surface area is 156 Å². The van der Waals surface area contributed by atoms with Crippen molar-refractivity contribution < 1.29 is 23.7 Å². The van der Waals surface area contributed by atoms with Crippen LogP contribution in [0.15, 0.2) is 47.6 Å². The van der Waals surface area contributed by atoms with Gasteiger partial charge < -0.3 is 15.5 Å². The molecule has 0 bridgehead atoms. The minimum atomic E-state index is -0.711. The molecule has 9 nitrogen and oxygen atoms in total. The van der Waals surface area contributed by atoms with Crippen LogP contribution in [0.5, 0.6) is 0 Å². The number of oxime groups is 1. The molecule has 0 saturated carbocycles. The molecule has 2 rings (SSSR count). The van der Waals surface area contributed by atoms with Crippen LogP contribution in [0, 0.1) is 15.9 Å². The molecule has 0 fully saturated rings. The number of nitro benzene ring substituents is 1. The van der Waals surface area contributed by atoms with Gasteiger partial charge in [-0.25, -0.2) is 4.39 Å². The SMILES string of the molecule is O=C(/C=N\OCC(=O)Nc1ccc(F)cc1Cl)Nc1cccc([N+](=O)[O-])c1. The van der Waals surface area contributed by atoms with Crippen LogP contribution in [-0.2, 0) is 14.4 Å². The monoisotopic (exact) mass is 394 g/mol. The molecule has 0 aliphatic heterocycles. The fourth-order valence-corrected chi connectivity index (χ4v) is 2.04. The quantitative estimate of drug-likeness (QED) is 0.424. The van der Waals surface area contributed by atoms with E-state index in [1.54, 1.807) is 0 Å². The Balaban J connectivity index is 1.79. The van der Waals surface area contributed by atoms with Gasteiger partial charge in [0.25, 0.3) is 17.5 Å². The van der Waals surface area contributed by atoms with Crippen LogP contribution in [-0.4, -0.2) is 29.6 Å². The Morgan fingerprint density at radius 1 is 1.26 bits per heavy atom.